The predicted octanol–water partition coefficient (Wildman–Crippen LogP) is 5.86. The van der Waals surface area contributed by atoms with Gasteiger partial charge in [-0.15, -0.1) is 0 Å². The van der Waals surface area contributed by atoms with E-state index in [1.54, 1.807) is 6.08 Å². The van der Waals surface area contributed by atoms with Crippen molar-refractivity contribution in [2.45, 2.75) is 64.6 Å². The molecule has 39 heavy (non-hydrogen) atoms. The highest BCUT2D eigenvalue weighted by Gasteiger charge is 2.52. The smallest absolute Gasteiger partial charge is 0.465 e. The minimum Gasteiger partial charge on any atom is -0.465 e. The number of alkyl halides is 6. The molecule has 0 saturated carbocycles. The summed E-state index contributed by atoms with van der Waals surface area (Å²) in [6, 6.07) is 1.93. The van der Waals surface area contributed by atoms with Crippen LogP contribution in [0.15, 0.2) is 43.0 Å². The first-order chi connectivity index (χ1) is 17.8. The summed E-state index contributed by atoms with van der Waals surface area (Å²) in [5, 5.41) is 9.16. The van der Waals surface area contributed by atoms with Crippen LogP contribution in [0.4, 0.5) is 31.1 Å². The van der Waals surface area contributed by atoms with E-state index in [-0.39, 0.29) is 29.2 Å². The largest absolute Gasteiger partial charge is 0.496 e. The number of carboxylic acid groups (broad SMARTS) is 1. The predicted molar refractivity (Wildman–Crippen MR) is 131 cm³/mol. The van der Waals surface area contributed by atoms with Crippen molar-refractivity contribution >= 4 is 24.4 Å². The van der Waals surface area contributed by atoms with Crippen molar-refractivity contribution in [2.75, 3.05) is 6.54 Å². The lowest BCUT2D eigenvalue weighted by Gasteiger charge is -2.32. The normalized spacial score (nSPS) is 20.7. The van der Waals surface area contributed by atoms with Crippen LogP contribution in [0.5, 0.6) is 0 Å². The van der Waals surface area contributed by atoms with Crippen LogP contribution < -0.4 is 5.46 Å². The number of pyridine rings is 2. The van der Waals surface area contributed by atoms with Crippen molar-refractivity contribution in [1.82, 2.24) is 14.9 Å². The van der Waals surface area contributed by atoms with Crippen LogP contribution in [-0.4, -0.2) is 50.9 Å². The molecular formula is C25H28BF6N3O4. The summed E-state index contributed by atoms with van der Waals surface area (Å²) in [6.45, 7) is 9.51. The van der Waals surface area contributed by atoms with Crippen LogP contribution in [0.2, 0.25) is 0 Å². The summed E-state index contributed by atoms with van der Waals surface area (Å²) >= 11 is 0. The fourth-order valence-electron chi connectivity index (χ4n) is 3.82. The Morgan fingerprint density at radius 1 is 0.949 bits per heavy atom. The average molecular weight is 559 g/mol. The molecule has 7 nitrogen and oxygen atoms in total. The third kappa shape index (κ3) is 7.10. The van der Waals surface area contributed by atoms with Gasteiger partial charge < -0.3 is 14.4 Å². The molecule has 2 aromatic rings. The van der Waals surface area contributed by atoms with Gasteiger partial charge in [-0.3, -0.25) is 14.9 Å². The number of hydrogen-bond donors (Lipinski definition) is 1. The zero-order valence-corrected chi connectivity index (χ0v) is 21.9. The number of aromatic nitrogens is 2. The Bertz CT molecular complexity index is 1220. The Morgan fingerprint density at radius 3 is 1.97 bits per heavy atom. The maximum absolute atomic E-state index is 12.7. The van der Waals surface area contributed by atoms with E-state index in [0.29, 0.717) is 6.42 Å². The second-order valence-electron chi connectivity index (χ2n) is 10.4. The SMILES string of the molecule is CC1(C)OB(c2cncc(C(F)(F)F)c2)OC1(C)C.CC1CC=C(c2cncc(C(F)(F)F)c2)N(C(=O)O)C1. The summed E-state index contributed by atoms with van der Waals surface area (Å²) in [5.41, 5.74) is -2.19. The molecule has 2 aliphatic heterocycles. The van der Waals surface area contributed by atoms with Gasteiger partial charge in [-0.05, 0) is 52.2 Å². The Hall–Kier alpha value is -3.13. The highest BCUT2D eigenvalue weighted by molar-refractivity contribution is 6.62. The van der Waals surface area contributed by atoms with E-state index < -0.39 is 47.9 Å². The van der Waals surface area contributed by atoms with Crippen molar-refractivity contribution in [1.29, 1.82) is 0 Å². The van der Waals surface area contributed by atoms with Gasteiger partial charge in [0.05, 0.1) is 28.0 Å². The second-order valence-corrected chi connectivity index (χ2v) is 10.4. The monoisotopic (exact) mass is 559 g/mol. The van der Waals surface area contributed by atoms with E-state index in [9.17, 15) is 31.1 Å². The molecule has 1 N–H and O–H groups in total. The van der Waals surface area contributed by atoms with Crippen molar-refractivity contribution in [2.24, 2.45) is 5.92 Å². The number of hydrogen-bond acceptors (Lipinski definition) is 5. The van der Waals surface area contributed by atoms with Gasteiger partial charge in [0.15, 0.2) is 0 Å². The van der Waals surface area contributed by atoms with E-state index in [1.165, 1.54) is 12.4 Å². The molecule has 1 fully saturated rings. The summed E-state index contributed by atoms with van der Waals surface area (Å²) < 4.78 is 87.3. The molecule has 0 aliphatic carbocycles. The van der Waals surface area contributed by atoms with Crippen molar-refractivity contribution in [3.8, 4) is 0 Å². The fourth-order valence-corrected chi connectivity index (χ4v) is 3.82. The zero-order valence-electron chi connectivity index (χ0n) is 21.9. The van der Waals surface area contributed by atoms with Gasteiger partial charge in [0.25, 0.3) is 0 Å². The number of carbonyl (C=O) groups is 1. The topological polar surface area (TPSA) is 84.8 Å². The first kappa shape index (κ1) is 30.4. The van der Waals surface area contributed by atoms with Crippen LogP contribution in [-0.2, 0) is 21.7 Å². The molecular weight excluding hydrogens is 531 g/mol. The minimum absolute atomic E-state index is 0.133. The summed E-state index contributed by atoms with van der Waals surface area (Å²) in [7, 11) is -0.834. The van der Waals surface area contributed by atoms with Crippen LogP contribution in [0.25, 0.3) is 5.70 Å². The average Bonchev–Trinajstić information content (AvgIpc) is 3.05. The molecule has 0 spiro atoms. The lowest BCUT2D eigenvalue weighted by molar-refractivity contribution is -0.138. The Labute approximate surface area is 222 Å². The molecule has 1 amide bonds. The molecule has 1 atom stereocenters. The summed E-state index contributed by atoms with van der Waals surface area (Å²) in [5.74, 6) is 0.133. The van der Waals surface area contributed by atoms with Gasteiger partial charge in [-0.2, -0.15) is 26.3 Å². The van der Waals surface area contributed by atoms with Crippen LogP contribution >= 0.6 is 0 Å². The van der Waals surface area contributed by atoms with Crippen LogP contribution in [0.3, 0.4) is 0 Å². The van der Waals surface area contributed by atoms with E-state index in [4.69, 9.17) is 14.4 Å². The maximum atomic E-state index is 12.7. The van der Waals surface area contributed by atoms with Crippen molar-refractivity contribution < 1.29 is 45.6 Å². The number of halogens is 6. The number of nitrogens with zero attached hydrogens (tertiary/aromatic N) is 3. The van der Waals surface area contributed by atoms with Gasteiger partial charge >= 0.3 is 25.6 Å². The molecule has 212 valence electrons. The number of allylic oxidation sites excluding steroid dienone is 1. The molecule has 1 unspecified atom stereocenters. The van der Waals surface area contributed by atoms with E-state index in [2.05, 4.69) is 9.97 Å². The molecule has 4 heterocycles. The Kier molecular flexibility index (Phi) is 8.42. The Morgan fingerprint density at radius 2 is 1.46 bits per heavy atom. The van der Waals surface area contributed by atoms with Gasteiger partial charge in [-0.1, -0.05) is 13.0 Å². The first-order valence-electron chi connectivity index (χ1n) is 11.9. The molecule has 2 aromatic heterocycles. The molecule has 1 saturated heterocycles. The number of amides is 1. The number of rotatable bonds is 2. The van der Waals surface area contributed by atoms with Crippen LogP contribution in [0.1, 0.15) is 57.7 Å². The molecule has 0 aromatic carbocycles. The first-order valence-corrected chi connectivity index (χ1v) is 11.9. The molecule has 4 rings (SSSR count). The van der Waals surface area contributed by atoms with Gasteiger partial charge in [0.2, 0.25) is 0 Å². The van der Waals surface area contributed by atoms with E-state index >= 15 is 0 Å². The highest BCUT2D eigenvalue weighted by Crippen LogP contribution is 2.37. The lowest BCUT2D eigenvalue weighted by atomic mass is 9.80. The molecule has 14 heteroatoms. The quantitative estimate of drug-likeness (QED) is 0.367. The van der Waals surface area contributed by atoms with E-state index in [0.717, 1.165) is 29.4 Å². The third-order valence-electron chi connectivity index (χ3n) is 6.70. The zero-order chi connectivity index (χ0) is 29.4. The fraction of sp³-hybridized carbons (Fsp3) is 0.480. The van der Waals surface area contributed by atoms with Gasteiger partial charge in [0, 0.05) is 42.4 Å². The lowest BCUT2D eigenvalue weighted by Crippen LogP contribution is -2.41. The summed E-state index contributed by atoms with van der Waals surface area (Å²) in [6.07, 6.45) is -3.76. The van der Waals surface area contributed by atoms with Crippen LogP contribution in [0, 0.1) is 5.92 Å². The van der Waals surface area contributed by atoms with E-state index in [1.807, 2.05) is 34.6 Å². The van der Waals surface area contributed by atoms with Gasteiger partial charge in [-0.25, -0.2) is 4.79 Å². The van der Waals surface area contributed by atoms with Crippen molar-refractivity contribution in [3.05, 3.63) is 59.7 Å². The highest BCUT2D eigenvalue weighted by atomic mass is 19.4. The van der Waals surface area contributed by atoms with Gasteiger partial charge in [0.1, 0.15) is 0 Å². The standard InChI is InChI=1S/C13H13F3N2O2.C12H15BF3NO2/c1-8-2-3-11(18(7-8)12(19)20)9-4-10(6-17-5-9)13(14,15)16;1-10(2)11(3,4)19-13(18-10)9-5-8(6-17-7-9)12(14,15)16/h3-6,8H,2,7H2,1H3,(H,19,20);5-7H,1-4H3. The maximum Gasteiger partial charge on any atom is 0.496 e. The third-order valence-corrected chi connectivity index (χ3v) is 6.70. The second kappa shape index (κ2) is 10.8. The minimum atomic E-state index is -4.50. The Balaban J connectivity index is 0.000000216. The summed E-state index contributed by atoms with van der Waals surface area (Å²) in [4.78, 5) is 19.4. The molecule has 2 aliphatic rings. The molecule has 0 bridgehead atoms. The molecule has 0 radical (unpaired) electrons. The van der Waals surface area contributed by atoms with Crippen molar-refractivity contribution in [3.63, 3.8) is 0 Å².